The monoisotopic (exact) mass is 326 g/mol. The highest BCUT2D eigenvalue weighted by Crippen LogP contribution is 2.20. The highest BCUT2D eigenvalue weighted by molar-refractivity contribution is 7.89. The number of nitrogens with one attached hydrogen (secondary N) is 1. The highest BCUT2D eigenvalue weighted by Gasteiger charge is 2.18. The van der Waals surface area contributed by atoms with Gasteiger partial charge in [-0.15, -0.1) is 0 Å². The molecule has 0 unspecified atom stereocenters. The Morgan fingerprint density at radius 1 is 1.23 bits per heavy atom. The number of rotatable bonds is 7. The van der Waals surface area contributed by atoms with Crippen LogP contribution in [0.25, 0.3) is 0 Å². The molecule has 0 aromatic heterocycles. The average Bonchev–Trinajstić information content (AvgIpc) is 2.52. The molecule has 1 aromatic carbocycles. The van der Waals surface area contributed by atoms with Crippen molar-refractivity contribution in [3.8, 4) is 0 Å². The predicted octanol–water partition coefficient (Wildman–Crippen LogP) is 1.99. The molecule has 1 saturated heterocycles. The van der Waals surface area contributed by atoms with Gasteiger partial charge in [0.25, 0.3) is 0 Å². The number of para-hydroxylation sites is 1. The summed E-state index contributed by atoms with van der Waals surface area (Å²) in [4.78, 5) is 1.99. The van der Waals surface area contributed by atoms with Gasteiger partial charge in [0.05, 0.1) is 5.75 Å². The van der Waals surface area contributed by atoms with Crippen molar-refractivity contribution in [1.82, 2.24) is 4.72 Å². The molecule has 2 rings (SSSR count). The van der Waals surface area contributed by atoms with Gasteiger partial charge in [-0.1, -0.05) is 18.2 Å². The van der Waals surface area contributed by atoms with Crippen molar-refractivity contribution in [3.05, 3.63) is 29.8 Å². The Hall–Kier alpha value is -1.11. The van der Waals surface area contributed by atoms with E-state index in [1.165, 1.54) is 0 Å². The van der Waals surface area contributed by atoms with Gasteiger partial charge in [-0.3, -0.25) is 0 Å². The molecule has 0 amide bonds. The minimum atomic E-state index is -3.23. The lowest BCUT2D eigenvalue weighted by Gasteiger charge is -2.22. The van der Waals surface area contributed by atoms with E-state index in [9.17, 15) is 8.42 Å². The average molecular weight is 326 g/mol. The van der Waals surface area contributed by atoms with Gasteiger partial charge in [0, 0.05) is 39.5 Å². The molecule has 124 valence electrons. The SMILES string of the molecule is CN(C)c1ccccc1CNS(=O)(=O)CCC1CCOCC1. The Balaban J connectivity index is 1.87. The largest absolute Gasteiger partial charge is 0.381 e. The lowest BCUT2D eigenvalue weighted by molar-refractivity contribution is 0.0655. The molecule has 0 saturated carbocycles. The quantitative estimate of drug-likeness (QED) is 0.832. The molecule has 5 nitrogen and oxygen atoms in total. The van der Waals surface area contributed by atoms with Crippen LogP contribution in [0.15, 0.2) is 24.3 Å². The van der Waals surface area contributed by atoms with Crippen molar-refractivity contribution in [2.45, 2.75) is 25.8 Å². The summed E-state index contributed by atoms with van der Waals surface area (Å²) in [6.45, 7) is 1.85. The topological polar surface area (TPSA) is 58.6 Å². The number of nitrogens with zero attached hydrogens (tertiary/aromatic N) is 1. The van der Waals surface area contributed by atoms with Crippen LogP contribution in [0, 0.1) is 5.92 Å². The third-order valence-electron chi connectivity index (χ3n) is 4.09. The van der Waals surface area contributed by atoms with E-state index in [1.807, 2.05) is 43.3 Å². The second kappa shape index (κ2) is 7.94. The van der Waals surface area contributed by atoms with Crippen LogP contribution in [0.1, 0.15) is 24.8 Å². The summed E-state index contributed by atoms with van der Waals surface area (Å²) in [6.07, 6.45) is 2.66. The number of hydrogen-bond donors (Lipinski definition) is 1. The molecule has 1 N–H and O–H groups in total. The van der Waals surface area contributed by atoms with Crippen molar-refractivity contribution in [1.29, 1.82) is 0 Å². The smallest absolute Gasteiger partial charge is 0.211 e. The van der Waals surface area contributed by atoms with Gasteiger partial charge in [0.15, 0.2) is 0 Å². The molecule has 1 fully saturated rings. The number of hydrogen-bond acceptors (Lipinski definition) is 4. The highest BCUT2D eigenvalue weighted by atomic mass is 32.2. The first-order valence-corrected chi connectivity index (χ1v) is 9.43. The number of benzene rings is 1. The van der Waals surface area contributed by atoms with E-state index in [0.717, 1.165) is 37.3 Å². The maximum absolute atomic E-state index is 12.2. The van der Waals surface area contributed by atoms with Gasteiger partial charge in [-0.05, 0) is 36.8 Å². The lowest BCUT2D eigenvalue weighted by atomic mass is 9.98. The van der Waals surface area contributed by atoms with E-state index in [0.29, 0.717) is 18.9 Å². The van der Waals surface area contributed by atoms with E-state index >= 15 is 0 Å². The molecular formula is C16H26N2O3S. The Morgan fingerprint density at radius 3 is 2.59 bits per heavy atom. The molecule has 1 aromatic rings. The van der Waals surface area contributed by atoms with E-state index in [1.54, 1.807) is 0 Å². The summed E-state index contributed by atoms with van der Waals surface area (Å²) in [6, 6.07) is 7.83. The van der Waals surface area contributed by atoms with Gasteiger partial charge in [0.1, 0.15) is 0 Å². The predicted molar refractivity (Wildman–Crippen MR) is 89.6 cm³/mol. The van der Waals surface area contributed by atoms with E-state index in [2.05, 4.69) is 4.72 Å². The molecule has 1 aliphatic heterocycles. The van der Waals surface area contributed by atoms with Gasteiger partial charge in [0.2, 0.25) is 10.0 Å². The van der Waals surface area contributed by atoms with Gasteiger partial charge < -0.3 is 9.64 Å². The third kappa shape index (κ3) is 5.26. The van der Waals surface area contributed by atoms with E-state index < -0.39 is 10.0 Å². The zero-order valence-corrected chi connectivity index (χ0v) is 14.2. The first-order valence-electron chi connectivity index (χ1n) is 7.78. The Labute approximate surface area is 133 Å². The standard InChI is InChI=1S/C16H26N2O3S/c1-18(2)16-6-4-3-5-15(16)13-17-22(19,20)12-9-14-7-10-21-11-8-14/h3-6,14,17H,7-13H2,1-2H3. The molecule has 0 bridgehead atoms. The Bertz CT molecular complexity index is 567. The van der Waals surface area contributed by atoms with Crippen molar-refractivity contribution < 1.29 is 13.2 Å². The molecule has 0 aliphatic carbocycles. The fourth-order valence-electron chi connectivity index (χ4n) is 2.71. The summed E-state index contributed by atoms with van der Waals surface area (Å²) in [5, 5.41) is 0. The molecule has 0 radical (unpaired) electrons. The van der Waals surface area contributed by atoms with E-state index in [-0.39, 0.29) is 5.75 Å². The Kier molecular flexibility index (Phi) is 6.23. The second-order valence-electron chi connectivity index (χ2n) is 6.01. The normalized spacial score (nSPS) is 16.6. The van der Waals surface area contributed by atoms with Crippen LogP contribution in [-0.2, 0) is 21.3 Å². The fraction of sp³-hybridized carbons (Fsp3) is 0.625. The maximum atomic E-state index is 12.2. The molecule has 6 heteroatoms. The summed E-state index contributed by atoms with van der Waals surface area (Å²) < 4.78 is 32.4. The third-order valence-corrected chi connectivity index (χ3v) is 5.45. The van der Waals surface area contributed by atoms with Crippen LogP contribution >= 0.6 is 0 Å². The summed E-state index contributed by atoms with van der Waals surface area (Å²) in [7, 11) is 0.683. The minimum absolute atomic E-state index is 0.196. The first-order chi connectivity index (χ1) is 10.5. The van der Waals surface area contributed by atoms with Crippen molar-refractivity contribution in [2.24, 2.45) is 5.92 Å². The van der Waals surface area contributed by atoms with Crippen molar-refractivity contribution in [2.75, 3.05) is 38.0 Å². The van der Waals surface area contributed by atoms with Gasteiger partial charge >= 0.3 is 0 Å². The van der Waals surface area contributed by atoms with Gasteiger partial charge in [-0.25, -0.2) is 13.1 Å². The lowest BCUT2D eigenvalue weighted by Crippen LogP contribution is -2.28. The van der Waals surface area contributed by atoms with Crippen LogP contribution in [-0.4, -0.2) is 41.5 Å². The zero-order chi connectivity index (χ0) is 16.0. The van der Waals surface area contributed by atoms with Crippen molar-refractivity contribution >= 4 is 15.7 Å². The van der Waals surface area contributed by atoms with Crippen LogP contribution in [0.3, 0.4) is 0 Å². The molecule has 0 spiro atoms. The second-order valence-corrected chi connectivity index (χ2v) is 7.93. The Morgan fingerprint density at radius 2 is 1.91 bits per heavy atom. The number of sulfonamides is 1. The number of anilines is 1. The fourth-order valence-corrected chi connectivity index (χ4v) is 3.88. The van der Waals surface area contributed by atoms with Crippen LogP contribution in [0.4, 0.5) is 5.69 Å². The molecule has 0 atom stereocenters. The van der Waals surface area contributed by atoms with E-state index in [4.69, 9.17) is 4.74 Å². The number of ether oxygens (including phenoxy) is 1. The minimum Gasteiger partial charge on any atom is -0.381 e. The van der Waals surface area contributed by atoms with Gasteiger partial charge in [-0.2, -0.15) is 0 Å². The van der Waals surface area contributed by atoms with Crippen molar-refractivity contribution in [3.63, 3.8) is 0 Å². The molecule has 1 heterocycles. The zero-order valence-electron chi connectivity index (χ0n) is 13.4. The summed E-state index contributed by atoms with van der Waals surface area (Å²) in [5.41, 5.74) is 2.02. The van der Waals surface area contributed by atoms with Crippen LogP contribution < -0.4 is 9.62 Å². The molecule has 1 aliphatic rings. The first kappa shape index (κ1) is 17.2. The molecule has 22 heavy (non-hydrogen) atoms. The molecular weight excluding hydrogens is 300 g/mol. The summed E-state index contributed by atoms with van der Waals surface area (Å²) >= 11 is 0. The van der Waals surface area contributed by atoms with Crippen LogP contribution in [0.5, 0.6) is 0 Å². The summed E-state index contributed by atoms with van der Waals surface area (Å²) in [5.74, 6) is 0.668. The van der Waals surface area contributed by atoms with Crippen LogP contribution in [0.2, 0.25) is 0 Å². The maximum Gasteiger partial charge on any atom is 0.211 e.